The molecule has 4 rings (SSSR count). The summed E-state index contributed by atoms with van der Waals surface area (Å²) in [4.78, 5) is 11.5. The Balaban J connectivity index is 1.76. The number of rotatable bonds is 4. The highest BCUT2D eigenvalue weighted by atomic mass is 32.2. The molecule has 0 saturated carbocycles. The lowest BCUT2D eigenvalue weighted by molar-refractivity contribution is 0.0600. The minimum atomic E-state index is -4.09. The number of hydrogen-bond acceptors (Lipinski definition) is 5. The average molecular weight is 390 g/mol. The minimum Gasteiger partial charge on any atom is -0.465 e. The maximum absolute atomic E-state index is 14.2. The van der Waals surface area contributed by atoms with E-state index in [0.29, 0.717) is 5.69 Å². The van der Waals surface area contributed by atoms with E-state index in [4.69, 9.17) is 0 Å². The van der Waals surface area contributed by atoms with Crippen LogP contribution in [0.3, 0.4) is 0 Å². The molecule has 2 aromatic carbocycles. The summed E-state index contributed by atoms with van der Waals surface area (Å²) in [5.41, 5.74) is 2.31. The maximum Gasteiger partial charge on any atom is 0.337 e. The van der Waals surface area contributed by atoms with E-state index in [0.717, 1.165) is 43.2 Å². The summed E-state index contributed by atoms with van der Waals surface area (Å²) in [5, 5.41) is 3.46. The van der Waals surface area contributed by atoms with Crippen molar-refractivity contribution in [2.75, 3.05) is 11.8 Å². The number of sulfonamides is 1. The summed E-state index contributed by atoms with van der Waals surface area (Å²) in [6, 6.07) is 7.97. The predicted molar refractivity (Wildman–Crippen MR) is 97.6 cm³/mol. The van der Waals surface area contributed by atoms with Crippen LogP contribution in [0.1, 0.15) is 52.0 Å². The van der Waals surface area contributed by atoms with E-state index in [-0.39, 0.29) is 28.1 Å². The Bertz CT molecular complexity index is 1050. The molecule has 8 heteroatoms. The predicted octanol–water partition coefficient (Wildman–Crippen LogP) is 3.20. The fourth-order valence-corrected chi connectivity index (χ4v) is 5.31. The molecular weight excluding hydrogens is 371 g/mol. The summed E-state index contributed by atoms with van der Waals surface area (Å²) < 4.78 is 47.4. The second-order valence-electron chi connectivity index (χ2n) is 6.84. The number of fused-ring (bicyclic) bond motifs is 5. The number of carbonyl (C=O) groups is 1. The van der Waals surface area contributed by atoms with Crippen molar-refractivity contribution in [1.29, 1.82) is 0 Å². The molecule has 1 saturated heterocycles. The van der Waals surface area contributed by atoms with Gasteiger partial charge in [-0.15, -0.1) is 0 Å². The van der Waals surface area contributed by atoms with Crippen LogP contribution in [0, 0.1) is 12.7 Å². The summed E-state index contributed by atoms with van der Waals surface area (Å²) in [6.07, 6.45) is 1.97. The van der Waals surface area contributed by atoms with Gasteiger partial charge in [0, 0.05) is 17.6 Å². The molecule has 27 heavy (non-hydrogen) atoms. The molecule has 142 valence electrons. The molecule has 2 aliphatic heterocycles. The van der Waals surface area contributed by atoms with Gasteiger partial charge in [-0.1, -0.05) is 12.1 Å². The first kappa shape index (κ1) is 17.9. The number of anilines is 1. The molecule has 2 unspecified atom stereocenters. The van der Waals surface area contributed by atoms with Crippen LogP contribution < -0.4 is 10.0 Å². The van der Waals surface area contributed by atoms with Crippen molar-refractivity contribution in [2.45, 2.75) is 36.7 Å². The molecule has 0 aromatic heterocycles. The summed E-state index contributed by atoms with van der Waals surface area (Å²) in [5.74, 6) is -1.58. The lowest BCUT2D eigenvalue weighted by Crippen LogP contribution is -2.18. The molecule has 2 bridgehead atoms. The number of halogens is 1. The smallest absolute Gasteiger partial charge is 0.337 e. The van der Waals surface area contributed by atoms with Crippen molar-refractivity contribution in [3.05, 3.63) is 58.4 Å². The second-order valence-corrected chi connectivity index (χ2v) is 8.49. The lowest BCUT2D eigenvalue weighted by atomic mass is 9.91. The number of methoxy groups -OCH3 is 1. The van der Waals surface area contributed by atoms with Crippen LogP contribution in [0.5, 0.6) is 0 Å². The standard InChI is InChI=1S/C19H19FN2O4S/c1-10-13(20)8-11(19(23)26-2)9-17(10)27(24,25)22-16-5-3-4-12-14-6-7-15(21-14)18(12)16/h3-5,8-9,14-15,21-22H,6-7H2,1-2H3. The van der Waals surface area contributed by atoms with Gasteiger partial charge in [0.1, 0.15) is 5.82 Å². The van der Waals surface area contributed by atoms with Gasteiger partial charge in [0.25, 0.3) is 10.0 Å². The number of nitrogens with one attached hydrogen (secondary N) is 2. The molecule has 6 nitrogen and oxygen atoms in total. The maximum atomic E-state index is 14.2. The third-order valence-electron chi connectivity index (χ3n) is 5.26. The number of ether oxygens (including phenoxy) is 1. The van der Waals surface area contributed by atoms with Gasteiger partial charge in [0.05, 0.1) is 23.3 Å². The fraction of sp³-hybridized carbons (Fsp3) is 0.316. The third-order valence-corrected chi connectivity index (χ3v) is 6.75. The molecule has 1 fully saturated rings. The first-order valence-corrected chi connectivity index (χ1v) is 10.1. The van der Waals surface area contributed by atoms with Gasteiger partial charge in [-0.2, -0.15) is 0 Å². The van der Waals surface area contributed by atoms with Gasteiger partial charge in [0.2, 0.25) is 0 Å². The second kappa shape index (κ2) is 6.31. The van der Waals surface area contributed by atoms with E-state index >= 15 is 0 Å². The SMILES string of the molecule is COC(=O)c1cc(F)c(C)c(S(=O)(=O)Nc2cccc3c2C2CCC3N2)c1. The Hall–Kier alpha value is -2.45. The van der Waals surface area contributed by atoms with Crippen molar-refractivity contribution >= 4 is 21.7 Å². The normalized spacial score (nSPS) is 20.4. The lowest BCUT2D eigenvalue weighted by Gasteiger charge is -2.19. The van der Waals surface area contributed by atoms with E-state index in [1.807, 2.05) is 6.07 Å². The summed E-state index contributed by atoms with van der Waals surface area (Å²) in [7, 11) is -2.94. The highest BCUT2D eigenvalue weighted by Crippen LogP contribution is 2.48. The Labute approximate surface area is 156 Å². The average Bonchev–Trinajstić information content (AvgIpc) is 3.25. The fourth-order valence-electron chi connectivity index (χ4n) is 3.95. The van der Waals surface area contributed by atoms with Crippen molar-refractivity contribution in [3.63, 3.8) is 0 Å². The third kappa shape index (κ3) is 2.89. The molecule has 0 spiro atoms. The molecule has 0 radical (unpaired) electrons. The minimum absolute atomic E-state index is 0.0534. The highest BCUT2D eigenvalue weighted by molar-refractivity contribution is 7.92. The number of esters is 1. The van der Waals surface area contributed by atoms with Crippen molar-refractivity contribution in [1.82, 2.24) is 5.32 Å². The summed E-state index contributed by atoms with van der Waals surface area (Å²) in [6.45, 7) is 1.36. The van der Waals surface area contributed by atoms with E-state index < -0.39 is 21.8 Å². The van der Waals surface area contributed by atoms with Crippen LogP contribution in [0.15, 0.2) is 35.2 Å². The van der Waals surface area contributed by atoms with Crippen molar-refractivity contribution in [2.24, 2.45) is 0 Å². The molecule has 2 heterocycles. The monoisotopic (exact) mass is 390 g/mol. The zero-order chi connectivity index (χ0) is 19.3. The zero-order valence-corrected chi connectivity index (χ0v) is 15.7. The van der Waals surface area contributed by atoms with Crippen LogP contribution in [-0.2, 0) is 14.8 Å². The van der Waals surface area contributed by atoms with Gasteiger partial charge in [0.15, 0.2) is 0 Å². The van der Waals surface area contributed by atoms with Crippen LogP contribution in [0.2, 0.25) is 0 Å². The Morgan fingerprint density at radius 1 is 1.26 bits per heavy atom. The largest absolute Gasteiger partial charge is 0.465 e. The van der Waals surface area contributed by atoms with Crippen LogP contribution in [-0.4, -0.2) is 21.5 Å². The first-order chi connectivity index (χ1) is 12.8. The van der Waals surface area contributed by atoms with Crippen LogP contribution in [0.25, 0.3) is 0 Å². The van der Waals surface area contributed by atoms with E-state index in [2.05, 4.69) is 14.8 Å². The quantitative estimate of drug-likeness (QED) is 0.783. The zero-order valence-electron chi connectivity index (χ0n) is 14.9. The van der Waals surface area contributed by atoms with E-state index in [1.165, 1.54) is 6.92 Å². The van der Waals surface area contributed by atoms with Crippen molar-refractivity contribution < 1.29 is 22.3 Å². The molecule has 2 aliphatic rings. The Morgan fingerprint density at radius 3 is 2.74 bits per heavy atom. The Morgan fingerprint density at radius 2 is 2.00 bits per heavy atom. The van der Waals surface area contributed by atoms with Gasteiger partial charge in [-0.05, 0) is 49.1 Å². The number of hydrogen-bond donors (Lipinski definition) is 2. The molecular formula is C19H19FN2O4S. The molecule has 2 N–H and O–H groups in total. The molecule has 2 atom stereocenters. The van der Waals surface area contributed by atoms with Gasteiger partial charge in [-0.25, -0.2) is 17.6 Å². The molecule has 2 aromatic rings. The highest BCUT2D eigenvalue weighted by Gasteiger charge is 2.38. The summed E-state index contributed by atoms with van der Waals surface area (Å²) >= 11 is 0. The van der Waals surface area contributed by atoms with Crippen molar-refractivity contribution in [3.8, 4) is 0 Å². The van der Waals surface area contributed by atoms with Crippen LogP contribution in [0.4, 0.5) is 10.1 Å². The van der Waals surface area contributed by atoms with E-state index in [9.17, 15) is 17.6 Å². The van der Waals surface area contributed by atoms with Gasteiger partial charge in [-0.3, -0.25) is 4.72 Å². The Kier molecular flexibility index (Phi) is 4.20. The molecule has 0 amide bonds. The number of benzene rings is 2. The van der Waals surface area contributed by atoms with Gasteiger partial charge < -0.3 is 10.1 Å². The van der Waals surface area contributed by atoms with E-state index in [1.54, 1.807) is 12.1 Å². The van der Waals surface area contributed by atoms with Gasteiger partial charge >= 0.3 is 5.97 Å². The topological polar surface area (TPSA) is 84.5 Å². The molecule has 0 aliphatic carbocycles. The number of carbonyl (C=O) groups excluding carboxylic acids is 1. The first-order valence-electron chi connectivity index (χ1n) is 8.62. The van der Waals surface area contributed by atoms with Crippen LogP contribution >= 0.6 is 0 Å².